The van der Waals surface area contributed by atoms with Gasteiger partial charge in [0.05, 0.1) is 6.20 Å². The van der Waals surface area contributed by atoms with Crippen molar-refractivity contribution in [1.82, 2.24) is 4.98 Å². The molecule has 1 rings (SSSR count). The van der Waals surface area contributed by atoms with Crippen molar-refractivity contribution in [2.24, 2.45) is 0 Å². The van der Waals surface area contributed by atoms with Gasteiger partial charge >= 0.3 is 0 Å². The molecule has 7 heavy (non-hydrogen) atoms. The van der Waals surface area contributed by atoms with E-state index in [0.717, 1.165) is 0 Å². The highest BCUT2D eigenvalue weighted by Crippen LogP contribution is 1.72. The first kappa shape index (κ1) is 5.63. The summed E-state index contributed by atoms with van der Waals surface area (Å²) in [4.78, 5) is 3.56. The minimum Gasteiger partial charge on any atom is -0.452 e. The molecule has 0 saturated carbocycles. The Bertz CT molecular complexity index is 93.8. The largest absolute Gasteiger partial charge is 0.452 e. The van der Waals surface area contributed by atoms with Gasteiger partial charge in [-0.25, -0.2) is 4.98 Å². The Morgan fingerprint density at radius 1 is 1.43 bits per heavy atom. The molecule has 1 aromatic heterocycles. The van der Waals surface area contributed by atoms with Crippen molar-refractivity contribution >= 4 is 0 Å². The van der Waals surface area contributed by atoms with Crippen LogP contribution in [-0.4, -0.2) is 4.98 Å². The lowest BCUT2D eigenvalue weighted by molar-refractivity contribution is 0.558. The summed E-state index contributed by atoms with van der Waals surface area (Å²) in [6.07, 6.45) is 4.47. The first-order valence-electron chi connectivity index (χ1n) is 1.52. The molecule has 4 heteroatoms. The van der Waals surface area contributed by atoms with Crippen LogP contribution in [0.1, 0.15) is 0 Å². The first-order valence-corrected chi connectivity index (χ1v) is 1.52. The van der Waals surface area contributed by atoms with E-state index in [4.69, 9.17) is 10.8 Å². The maximum Gasteiger partial charge on any atom is 0.180 e. The van der Waals surface area contributed by atoms with Crippen LogP contribution in [0.25, 0.3) is 0 Å². The lowest BCUT2D eigenvalue weighted by Crippen LogP contribution is -1.38. The lowest BCUT2D eigenvalue weighted by atomic mass is 11.0. The van der Waals surface area contributed by atoms with Crippen LogP contribution in [-0.2, 0) is 0 Å². The second-order valence-electron chi connectivity index (χ2n) is 0.676. The third kappa shape index (κ3) is 2.43. The van der Waals surface area contributed by atoms with Crippen LogP contribution in [0.5, 0.6) is 0 Å². The predicted molar refractivity (Wildman–Crippen MR) is 20.0 cm³/mol. The fourth-order valence-corrected chi connectivity index (χ4v) is 0.176. The summed E-state index contributed by atoms with van der Waals surface area (Å²) < 4.78 is 4.47. The molecule has 0 aliphatic carbocycles. The monoisotopic (exact) mass is 97.0 g/mol. The Morgan fingerprint density at radius 2 is 2.14 bits per heavy atom. The Morgan fingerprint density at radius 3 is 2.29 bits per heavy atom. The smallest absolute Gasteiger partial charge is 0.180 e. The molecule has 1 aromatic rings. The van der Waals surface area contributed by atoms with Crippen LogP contribution < -0.4 is 0 Å². The Kier molecular flexibility index (Phi) is 3.72. The Hall–Kier alpha value is -1.37. The molecule has 0 fully saturated rings. The van der Waals surface area contributed by atoms with Gasteiger partial charge in [0, 0.05) is 10.8 Å². The van der Waals surface area contributed by atoms with E-state index in [-0.39, 0.29) is 0 Å². The molecular weight excluding hydrogens is 94.1 g/mol. The topological polar surface area (TPSA) is 73.6 Å². The molecule has 1 heterocycles. The van der Waals surface area contributed by atoms with Gasteiger partial charge in [-0.2, -0.15) is 0 Å². The Labute approximate surface area is 40.2 Å². The molecule has 0 aliphatic heterocycles. The van der Waals surface area contributed by atoms with E-state index in [1.807, 2.05) is 0 Å². The van der Waals surface area contributed by atoms with Crippen molar-refractivity contribution in [3.05, 3.63) is 18.9 Å². The van der Waals surface area contributed by atoms with Gasteiger partial charge in [-0.15, -0.1) is 0 Å². The zero-order chi connectivity index (χ0) is 5.54. The summed E-state index contributed by atoms with van der Waals surface area (Å²) in [5.74, 6) is 0. The van der Waals surface area contributed by atoms with Gasteiger partial charge in [0.15, 0.2) is 6.39 Å². The molecule has 0 atom stereocenters. The fraction of sp³-hybridized carbons (Fsp3) is 0. The molecule has 0 unspecified atom stereocenters. The molecular formula is C3H3N3O. The normalized spacial score (nSPS) is 6.00. The third-order valence-corrected chi connectivity index (χ3v) is 0.347. The third-order valence-electron chi connectivity index (χ3n) is 0.347. The maximum absolute atomic E-state index is 6.00. The lowest BCUT2D eigenvalue weighted by Gasteiger charge is -1.47. The number of nitrogens with zero attached hydrogens (tertiary/aromatic N) is 3. The molecule has 4 nitrogen and oxygen atoms in total. The van der Waals surface area contributed by atoms with Crippen molar-refractivity contribution in [1.29, 1.82) is 10.8 Å². The van der Waals surface area contributed by atoms with Gasteiger partial charge < -0.3 is 4.42 Å². The van der Waals surface area contributed by atoms with Gasteiger partial charge in [0.1, 0.15) is 6.26 Å². The second-order valence-corrected chi connectivity index (χ2v) is 0.676. The summed E-state index contributed by atoms with van der Waals surface area (Å²) >= 11 is 0. The van der Waals surface area contributed by atoms with E-state index in [1.165, 1.54) is 12.7 Å². The SMILES string of the molecule is N#N.c1cocn1. The standard InChI is InChI=1S/C3H3NO.N2/c1-2-5-3-4-1;1-2/h1-3H;. The van der Waals surface area contributed by atoms with Crippen molar-refractivity contribution in [2.75, 3.05) is 0 Å². The van der Waals surface area contributed by atoms with Crippen molar-refractivity contribution < 1.29 is 4.42 Å². The summed E-state index contributed by atoms with van der Waals surface area (Å²) in [5.41, 5.74) is 0. The number of aromatic nitrogens is 1. The van der Waals surface area contributed by atoms with Crippen molar-refractivity contribution in [3.63, 3.8) is 0 Å². The summed E-state index contributed by atoms with van der Waals surface area (Å²) in [6.45, 7) is 0. The quantitative estimate of drug-likeness (QED) is 0.446. The van der Waals surface area contributed by atoms with Gasteiger partial charge in [0.2, 0.25) is 0 Å². The Balaban J connectivity index is 0.000000162. The minimum atomic E-state index is 1.38. The predicted octanol–water partition coefficient (Wildman–Crippen LogP) is 0.705. The van der Waals surface area contributed by atoms with E-state index >= 15 is 0 Å². The second kappa shape index (κ2) is 4.63. The average molecular weight is 97.1 g/mol. The van der Waals surface area contributed by atoms with Crippen LogP contribution in [0.2, 0.25) is 0 Å². The van der Waals surface area contributed by atoms with Gasteiger partial charge in [-0.3, -0.25) is 0 Å². The molecule has 0 bridgehead atoms. The summed E-state index contributed by atoms with van der Waals surface area (Å²) in [5, 5.41) is 12.0. The molecule has 0 amide bonds. The molecule has 36 valence electrons. The van der Waals surface area contributed by atoms with E-state index in [2.05, 4.69) is 9.40 Å². The molecule has 0 saturated heterocycles. The average Bonchev–Trinajstić information content (AvgIpc) is 2.23. The first-order chi connectivity index (χ1) is 3.50. The highest BCUT2D eigenvalue weighted by atomic mass is 16.3. The molecule has 0 spiro atoms. The van der Waals surface area contributed by atoms with E-state index < -0.39 is 0 Å². The van der Waals surface area contributed by atoms with E-state index in [9.17, 15) is 0 Å². The highest BCUT2D eigenvalue weighted by molar-refractivity contribution is 4.56. The van der Waals surface area contributed by atoms with Crippen molar-refractivity contribution in [2.45, 2.75) is 0 Å². The zero-order valence-corrected chi connectivity index (χ0v) is 3.48. The minimum absolute atomic E-state index is 1.38. The number of rotatable bonds is 0. The van der Waals surface area contributed by atoms with Gasteiger partial charge in [0.25, 0.3) is 0 Å². The highest BCUT2D eigenvalue weighted by Gasteiger charge is 1.59. The fourth-order valence-electron chi connectivity index (χ4n) is 0.176. The van der Waals surface area contributed by atoms with E-state index in [0.29, 0.717) is 0 Å². The van der Waals surface area contributed by atoms with E-state index in [1.54, 1.807) is 6.20 Å². The summed E-state index contributed by atoms with van der Waals surface area (Å²) in [7, 11) is 0. The number of hydrogen-bond acceptors (Lipinski definition) is 4. The maximum atomic E-state index is 6.00. The molecule has 0 aliphatic rings. The number of oxazole rings is 1. The van der Waals surface area contributed by atoms with Crippen LogP contribution in [0.15, 0.2) is 23.3 Å². The van der Waals surface area contributed by atoms with Crippen molar-refractivity contribution in [3.8, 4) is 0 Å². The van der Waals surface area contributed by atoms with Crippen LogP contribution in [0.4, 0.5) is 0 Å². The number of hydrogen-bond donors (Lipinski definition) is 0. The molecule has 0 radical (unpaired) electrons. The van der Waals surface area contributed by atoms with Gasteiger partial charge in [-0.05, 0) is 0 Å². The molecule has 0 N–H and O–H groups in total. The summed E-state index contributed by atoms with van der Waals surface area (Å²) in [6, 6.07) is 0. The van der Waals surface area contributed by atoms with Gasteiger partial charge in [-0.1, -0.05) is 0 Å². The molecule has 0 aromatic carbocycles. The van der Waals surface area contributed by atoms with Crippen LogP contribution >= 0.6 is 0 Å². The van der Waals surface area contributed by atoms with Crippen LogP contribution in [0, 0.1) is 10.8 Å². The zero-order valence-electron chi connectivity index (χ0n) is 3.48. The van der Waals surface area contributed by atoms with Crippen LogP contribution in [0.3, 0.4) is 0 Å².